The molecule has 16 heavy (non-hydrogen) atoms. The number of amidine groups is 1. The minimum Gasteiger partial charge on any atom is -0.384 e. The zero-order valence-corrected chi connectivity index (χ0v) is 10.5. The van der Waals surface area contributed by atoms with E-state index >= 15 is 0 Å². The molecule has 0 fully saturated rings. The molecule has 4 nitrogen and oxygen atoms in total. The van der Waals surface area contributed by atoms with Crippen LogP contribution in [0.5, 0.6) is 0 Å². The summed E-state index contributed by atoms with van der Waals surface area (Å²) in [7, 11) is 0. The van der Waals surface area contributed by atoms with E-state index in [1.807, 2.05) is 18.2 Å². The summed E-state index contributed by atoms with van der Waals surface area (Å²) in [5.74, 6) is -0.0194. The highest BCUT2D eigenvalue weighted by Gasteiger charge is 2.11. The second kappa shape index (κ2) is 4.27. The van der Waals surface area contributed by atoms with Crippen LogP contribution in [0.4, 0.5) is 0 Å². The van der Waals surface area contributed by atoms with Crippen LogP contribution in [0.1, 0.15) is 5.56 Å². The van der Waals surface area contributed by atoms with Crippen molar-refractivity contribution in [1.29, 1.82) is 5.41 Å². The van der Waals surface area contributed by atoms with Crippen LogP contribution < -0.4 is 5.73 Å². The first-order valence-corrected chi connectivity index (χ1v) is 5.60. The standard InChI is InChI=1S/C10H8BrClN4/c11-7-2-1-3-8(9(7)10(13)14)16-5-6(12)4-15-16/h1-5H,(H3,13,14). The van der Waals surface area contributed by atoms with E-state index in [1.54, 1.807) is 10.9 Å². The van der Waals surface area contributed by atoms with Crippen molar-refractivity contribution in [1.82, 2.24) is 9.78 Å². The smallest absolute Gasteiger partial charge is 0.126 e. The Labute approximate surface area is 106 Å². The van der Waals surface area contributed by atoms with E-state index < -0.39 is 0 Å². The molecule has 0 aliphatic heterocycles. The maximum Gasteiger partial charge on any atom is 0.126 e. The second-order valence-corrected chi connectivity index (χ2v) is 4.44. The Hall–Kier alpha value is -1.33. The maximum absolute atomic E-state index is 7.55. The molecule has 0 amide bonds. The Balaban J connectivity index is 2.65. The van der Waals surface area contributed by atoms with Gasteiger partial charge in [-0.15, -0.1) is 0 Å². The molecule has 0 saturated carbocycles. The van der Waals surface area contributed by atoms with Crippen LogP contribution in [0.3, 0.4) is 0 Å². The highest BCUT2D eigenvalue weighted by molar-refractivity contribution is 9.10. The van der Waals surface area contributed by atoms with Gasteiger partial charge in [0.1, 0.15) is 5.84 Å². The van der Waals surface area contributed by atoms with Crippen molar-refractivity contribution in [3.63, 3.8) is 0 Å². The molecule has 0 aliphatic rings. The monoisotopic (exact) mass is 298 g/mol. The quantitative estimate of drug-likeness (QED) is 0.661. The summed E-state index contributed by atoms with van der Waals surface area (Å²) in [5.41, 5.74) is 6.85. The lowest BCUT2D eigenvalue weighted by molar-refractivity contribution is 0.877. The van der Waals surface area contributed by atoms with Crippen LogP contribution in [0, 0.1) is 5.41 Å². The van der Waals surface area contributed by atoms with Gasteiger partial charge in [0, 0.05) is 10.7 Å². The largest absolute Gasteiger partial charge is 0.384 e. The average molecular weight is 300 g/mol. The van der Waals surface area contributed by atoms with E-state index in [0.717, 1.165) is 4.47 Å². The lowest BCUT2D eigenvalue weighted by Gasteiger charge is -2.09. The summed E-state index contributed by atoms with van der Waals surface area (Å²) in [5, 5.41) is 12.2. The lowest BCUT2D eigenvalue weighted by Crippen LogP contribution is -2.15. The van der Waals surface area contributed by atoms with Crippen molar-refractivity contribution in [2.24, 2.45) is 5.73 Å². The molecule has 6 heteroatoms. The minimum atomic E-state index is -0.0194. The van der Waals surface area contributed by atoms with E-state index in [0.29, 0.717) is 16.3 Å². The van der Waals surface area contributed by atoms with Gasteiger partial charge in [-0.05, 0) is 28.1 Å². The van der Waals surface area contributed by atoms with Crippen LogP contribution in [0.25, 0.3) is 5.69 Å². The zero-order valence-electron chi connectivity index (χ0n) is 8.11. The van der Waals surface area contributed by atoms with Gasteiger partial charge < -0.3 is 5.73 Å². The highest BCUT2D eigenvalue weighted by atomic mass is 79.9. The van der Waals surface area contributed by atoms with E-state index in [-0.39, 0.29) is 5.84 Å². The fraction of sp³-hybridized carbons (Fsp3) is 0. The van der Waals surface area contributed by atoms with Crippen LogP contribution in [-0.4, -0.2) is 15.6 Å². The molecule has 0 bridgehead atoms. The number of hydrogen-bond donors (Lipinski definition) is 2. The molecule has 0 atom stereocenters. The average Bonchev–Trinajstić information content (AvgIpc) is 2.63. The van der Waals surface area contributed by atoms with Gasteiger partial charge in [-0.25, -0.2) is 4.68 Å². The number of nitrogens with two attached hydrogens (primary N) is 1. The summed E-state index contributed by atoms with van der Waals surface area (Å²) in [6, 6.07) is 5.50. The Morgan fingerprint density at radius 2 is 2.25 bits per heavy atom. The molecule has 1 aromatic heterocycles. The van der Waals surface area contributed by atoms with Crippen LogP contribution in [0.2, 0.25) is 5.02 Å². The number of rotatable bonds is 2. The number of benzene rings is 1. The number of hydrogen-bond acceptors (Lipinski definition) is 2. The molecule has 2 rings (SSSR count). The lowest BCUT2D eigenvalue weighted by atomic mass is 10.1. The zero-order chi connectivity index (χ0) is 11.7. The highest BCUT2D eigenvalue weighted by Crippen LogP contribution is 2.23. The molecule has 3 N–H and O–H groups in total. The second-order valence-electron chi connectivity index (χ2n) is 3.15. The number of nitrogens with one attached hydrogen (secondary N) is 1. The molecular weight excluding hydrogens is 291 g/mol. The number of aromatic nitrogens is 2. The normalized spacial score (nSPS) is 10.4. The first-order chi connectivity index (χ1) is 7.59. The van der Waals surface area contributed by atoms with Crippen LogP contribution in [0.15, 0.2) is 35.1 Å². The van der Waals surface area contributed by atoms with E-state index in [4.69, 9.17) is 22.7 Å². The van der Waals surface area contributed by atoms with E-state index in [9.17, 15) is 0 Å². The Morgan fingerprint density at radius 1 is 1.50 bits per heavy atom. The molecule has 0 radical (unpaired) electrons. The fourth-order valence-electron chi connectivity index (χ4n) is 1.40. The molecular formula is C10H8BrClN4. The van der Waals surface area contributed by atoms with E-state index in [1.165, 1.54) is 6.20 Å². The molecule has 1 aromatic carbocycles. The van der Waals surface area contributed by atoms with Crippen molar-refractivity contribution < 1.29 is 0 Å². The molecule has 0 unspecified atom stereocenters. The van der Waals surface area contributed by atoms with E-state index in [2.05, 4.69) is 21.0 Å². The summed E-state index contributed by atoms with van der Waals surface area (Å²) in [6.07, 6.45) is 3.20. The third-order valence-electron chi connectivity index (χ3n) is 2.06. The SMILES string of the molecule is N=C(N)c1c(Br)cccc1-n1cc(Cl)cn1. The van der Waals surface area contributed by atoms with Gasteiger partial charge in [-0.3, -0.25) is 5.41 Å². The number of nitrogen functional groups attached to an aromatic ring is 1. The number of halogens is 2. The minimum absolute atomic E-state index is 0.0194. The predicted molar refractivity (Wildman–Crippen MR) is 67.3 cm³/mol. The van der Waals surface area contributed by atoms with Crippen LogP contribution in [-0.2, 0) is 0 Å². The summed E-state index contributed by atoms with van der Waals surface area (Å²) < 4.78 is 2.34. The van der Waals surface area contributed by atoms with Crippen molar-refractivity contribution in [2.75, 3.05) is 0 Å². The van der Waals surface area contributed by atoms with Gasteiger partial charge in [-0.1, -0.05) is 17.7 Å². The van der Waals surface area contributed by atoms with Gasteiger partial charge in [0.2, 0.25) is 0 Å². The topological polar surface area (TPSA) is 67.7 Å². The Bertz CT molecular complexity index is 550. The van der Waals surface area contributed by atoms with Crippen molar-refractivity contribution in [3.8, 4) is 5.69 Å². The molecule has 1 heterocycles. The molecule has 0 saturated heterocycles. The summed E-state index contributed by atoms with van der Waals surface area (Å²) >= 11 is 9.16. The molecule has 0 spiro atoms. The third kappa shape index (κ3) is 1.96. The van der Waals surface area contributed by atoms with Gasteiger partial charge in [0.25, 0.3) is 0 Å². The van der Waals surface area contributed by atoms with Crippen LogP contribution >= 0.6 is 27.5 Å². The van der Waals surface area contributed by atoms with Crippen molar-refractivity contribution in [2.45, 2.75) is 0 Å². The van der Waals surface area contributed by atoms with Gasteiger partial charge in [-0.2, -0.15) is 5.10 Å². The van der Waals surface area contributed by atoms with Gasteiger partial charge in [0.05, 0.1) is 22.5 Å². The predicted octanol–water partition coefficient (Wildman–Crippen LogP) is 2.57. The van der Waals surface area contributed by atoms with Crippen molar-refractivity contribution >= 4 is 33.4 Å². The Morgan fingerprint density at radius 3 is 2.81 bits per heavy atom. The molecule has 82 valence electrons. The molecule has 0 aliphatic carbocycles. The molecule has 2 aromatic rings. The first kappa shape index (κ1) is 11.2. The summed E-state index contributed by atoms with van der Waals surface area (Å²) in [6.45, 7) is 0. The first-order valence-electron chi connectivity index (χ1n) is 4.43. The maximum atomic E-state index is 7.55. The van der Waals surface area contributed by atoms with Gasteiger partial charge >= 0.3 is 0 Å². The Kier molecular flexibility index (Phi) is 2.98. The number of nitrogens with zero attached hydrogens (tertiary/aromatic N) is 2. The van der Waals surface area contributed by atoms with Gasteiger partial charge in [0.15, 0.2) is 0 Å². The fourth-order valence-corrected chi connectivity index (χ4v) is 2.11. The third-order valence-corrected chi connectivity index (χ3v) is 2.91. The van der Waals surface area contributed by atoms with Crippen molar-refractivity contribution in [3.05, 3.63) is 45.7 Å². The summed E-state index contributed by atoms with van der Waals surface area (Å²) in [4.78, 5) is 0.